The number of H-pyrrole nitrogens is 1. The molecule has 6 heteroatoms. The highest BCUT2D eigenvalue weighted by atomic mass is 79.9. The Morgan fingerprint density at radius 2 is 1.83 bits per heavy atom. The van der Waals surface area contributed by atoms with E-state index >= 15 is 0 Å². The Hall–Kier alpha value is -2.73. The monoisotopic (exact) mass is 367 g/mol. The molecule has 2 heterocycles. The van der Waals surface area contributed by atoms with Crippen LogP contribution in [0.2, 0.25) is 0 Å². The minimum Gasteiger partial charge on any atom is -0.294 e. The molecule has 4 rings (SSSR count). The van der Waals surface area contributed by atoms with Crippen LogP contribution in [0, 0.1) is 0 Å². The van der Waals surface area contributed by atoms with Crippen LogP contribution < -0.4 is 11.2 Å². The molecule has 0 aliphatic carbocycles. The Kier molecular flexibility index (Phi) is 3.12. The maximum absolute atomic E-state index is 12.2. The zero-order chi connectivity index (χ0) is 16.0. The van der Waals surface area contributed by atoms with Gasteiger partial charge in [-0.25, -0.2) is 4.79 Å². The summed E-state index contributed by atoms with van der Waals surface area (Å²) < 4.78 is 2.72. The first-order valence-corrected chi connectivity index (χ1v) is 7.73. The Balaban J connectivity index is 2.26. The van der Waals surface area contributed by atoms with Crippen molar-refractivity contribution in [3.8, 4) is 17.1 Å². The average molecular weight is 368 g/mol. The van der Waals surface area contributed by atoms with Crippen LogP contribution in [0.25, 0.3) is 28.0 Å². The third-order valence-corrected chi connectivity index (χ3v) is 4.16. The van der Waals surface area contributed by atoms with Gasteiger partial charge in [-0.15, -0.1) is 0 Å². The van der Waals surface area contributed by atoms with Crippen LogP contribution in [-0.2, 0) is 0 Å². The molecule has 0 atom stereocenters. The van der Waals surface area contributed by atoms with E-state index in [2.05, 4.69) is 25.9 Å². The van der Waals surface area contributed by atoms with Gasteiger partial charge in [-0.05, 0) is 35.7 Å². The second kappa shape index (κ2) is 5.17. The fraction of sp³-hybridized carbons (Fsp3) is 0. The second-order valence-corrected chi connectivity index (χ2v) is 6.04. The minimum atomic E-state index is -0.651. The molecule has 2 aliphatic heterocycles. The number of fused-ring (bicyclic) bond motifs is 2. The fourth-order valence-electron chi connectivity index (χ4n) is 2.71. The average Bonchev–Trinajstić information content (AvgIpc) is 2.53. The van der Waals surface area contributed by atoms with Crippen LogP contribution in [0.15, 0.2) is 68.7 Å². The van der Waals surface area contributed by atoms with Crippen molar-refractivity contribution in [2.45, 2.75) is 0 Å². The van der Waals surface area contributed by atoms with Crippen LogP contribution in [0.1, 0.15) is 0 Å². The van der Waals surface area contributed by atoms with Crippen LogP contribution in [0.5, 0.6) is 0 Å². The Labute approximate surface area is 138 Å². The molecular formula is C17H10BrN3O2. The molecule has 0 aromatic heterocycles. The Morgan fingerprint density at radius 1 is 1.00 bits per heavy atom. The van der Waals surface area contributed by atoms with Crippen LogP contribution in [0.4, 0.5) is 0 Å². The molecule has 0 saturated carbocycles. The van der Waals surface area contributed by atoms with Gasteiger partial charge in [0.2, 0.25) is 0 Å². The van der Waals surface area contributed by atoms with Gasteiger partial charge in [0.15, 0.2) is 5.82 Å². The largest absolute Gasteiger partial charge is 0.349 e. The first-order chi connectivity index (χ1) is 11.1. The van der Waals surface area contributed by atoms with Crippen molar-refractivity contribution in [3.05, 3.63) is 79.9 Å². The summed E-state index contributed by atoms with van der Waals surface area (Å²) in [4.78, 5) is 30.1. The van der Waals surface area contributed by atoms with Gasteiger partial charge in [0.1, 0.15) is 0 Å². The maximum Gasteiger partial charge on any atom is 0.349 e. The molecule has 0 amide bonds. The predicted octanol–water partition coefficient (Wildman–Crippen LogP) is 2.94. The van der Waals surface area contributed by atoms with Gasteiger partial charge in [-0.3, -0.25) is 14.3 Å². The summed E-state index contributed by atoms with van der Waals surface area (Å²) in [6.45, 7) is 0. The smallest absolute Gasteiger partial charge is 0.294 e. The van der Waals surface area contributed by atoms with E-state index in [1.54, 1.807) is 6.07 Å². The van der Waals surface area contributed by atoms with E-state index in [0.717, 1.165) is 21.1 Å². The molecule has 0 unspecified atom stereocenters. The van der Waals surface area contributed by atoms with Crippen molar-refractivity contribution in [2.75, 3.05) is 0 Å². The summed E-state index contributed by atoms with van der Waals surface area (Å²) in [5.74, 6) is 0.343. The number of benzene rings is 2. The van der Waals surface area contributed by atoms with Gasteiger partial charge in [0.05, 0.1) is 11.1 Å². The number of aromatic nitrogens is 3. The molecule has 2 aromatic rings. The molecule has 112 valence electrons. The number of aromatic amines is 1. The zero-order valence-corrected chi connectivity index (χ0v) is 13.4. The number of rotatable bonds is 1. The van der Waals surface area contributed by atoms with E-state index in [1.807, 2.05) is 53.1 Å². The molecule has 5 nitrogen and oxygen atoms in total. The van der Waals surface area contributed by atoms with Crippen molar-refractivity contribution < 1.29 is 0 Å². The van der Waals surface area contributed by atoms with Crippen molar-refractivity contribution >= 4 is 26.8 Å². The summed E-state index contributed by atoms with van der Waals surface area (Å²) in [7, 11) is 0. The molecule has 0 saturated heterocycles. The topological polar surface area (TPSA) is 67.8 Å². The zero-order valence-electron chi connectivity index (χ0n) is 11.8. The first-order valence-electron chi connectivity index (χ1n) is 6.94. The highest BCUT2D eigenvalue weighted by molar-refractivity contribution is 9.10. The van der Waals surface area contributed by atoms with Gasteiger partial charge in [0.25, 0.3) is 5.56 Å². The summed E-state index contributed by atoms with van der Waals surface area (Å²) in [6, 6.07) is 17.1. The van der Waals surface area contributed by atoms with E-state index in [9.17, 15) is 9.59 Å². The first kappa shape index (κ1) is 13.9. The number of halogens is 1. The molecule has 1 N–H and O–H groups in total. The molecule has 0 fully saturated rings. The fourth-order valence-corrected chi connectivity index (χ4v) is 3.10. The lowest BCUT2D eigenvalue weighted by atomic mass is 10.1. The lowest BCUT2D eigenvalue weighted by molar-refractivity contribution is 0.959. The number of pyridine rings is 1. The molecular weight excluding hydrogens is 358 g/mol. The van der Waals surface area contributed by atoms with Gasteiger partial charge < -0.3 is 0 Å². The minimum absolute atomic E-state index is 0.343. The molecule has 2 aliphatic rings. The summed E-state index contributed by atoms with van der Waals surface area (Å²) in [6.07, 6.45) is 0. The number of para-hydroxylation sites is 1. The summed E-state index contributed by atoms with van der Waals surface area (Å²) in [5, 5.41) is 0.894. The SMILES string of the molecule is O=c1nc2n(-c3cccc(Br)c3)c3ccccc3cc-2c(=O)[nH]1. The van der Waals surface area contributed by atoms with Gasteiger partial charge in [-0.1, -0.05) is 40.2 Å². The summed E-state index contributed by atoms with van der Waals surface area (Å²) >= 11 is 3.45. The van der Waals surface area contributed by atoms with Crippen molar-refractivity contribution in [3.63, 3.8) is 0 Å². The standard InChI is InChI=1S/C17H10BrN3O2/c18-11-5-3-6-12(9-11)21-14-7-2-1-4-10(14)8-13-15(21)19-17(23)20-16(13)22/h1-9H,(H,20,22,23). The van der Waals surface area contributed by atoms with E-state index in [4.69, 9.17) is 0 Å². The number of hydrogen-bond donors (Lipinski definition) is 1. The Morgan fingerprint density at radius 3 is 2.65 bits per heavy atom. The number of hydrogen-bond acceptors (Lipinski definition) is 3. The number of nitrogens with zero attached hydrogens (tertiary/aromatic N) is 2. The number of nitrogens with one attached hydrogen (secondary N) is 1. The van der Waals surface area contributed by atoms with Gasteiger partial charge in [0, 0.05) is 10.2 Å². The van der Waals surface area contributed by atoms with Gasteiger partial charge >= 0.3 is 5.69 Å². The molecule has 2 aromatic carbocycles. The van der Waals surface area contributed by atoms with E-state index in [-0.39, 0.29) is 0 Å². The third-order valence-electron chi connectivity index (χ3n) is 3.67. The lowest BCUT2D eigenvalue weighted by Gasteiger charge is -2.17. The van der Waals surface area contributed by atoms with E-state index in [1.165, 1.54) is 0 Å². The Bertz CT molecular complexity index is 1130. The van der Waals surface area contributed by atoms with Crippen molar-refractivity contribution in [1.29, 1.82) is 0 Å². The molecule has 23 heavy (non-hydrogen) atoms. The normalized spacial score (nSPS) is 11.2. The van der Waals surface area contributed by atoms with Crippen LogP contribution in [0.3, 0.4) is 0 Å². The molecule has 0 bridgehead atoms. The molecule has 0 spiro atoms. The third kappa shape index (κ3) is 2.27. The maximum atomic E-state index is 12.2. The van der Waals surface area contributed by atoms with Gasteiger partial charge in [-0.2, -0.15) is 4.98 Å². The molecule has 0 radical (unpaired) electrons. The highest BCUT2D eigenvalue weighted by Crippen LogP contribution is 2.28. The lowest BCUT2D eigenvalue weighted by Crippen LogP contribution is -2.27. The summed E-state index contributed by atoms with van der Waals surface area (Å²) in [5.41, 5.74) is 0.980. The second-order valence-electron chi connectivity index (χ2n) is 5.13. The highest BCUT2D eigenvalue weighted by Gasteiger charge is 2.17. The van der Waals surface area contributed by atoms with E-state index < -0.39 is 11.2 Å². The van der Waals surface area contributed by atoms with Crippen LogP contribution >= 0.6 is 15.9 Å². The van der Waals surface area contributed by atoms with Crippen molar-refractivity contribution in [2.24, 2.45) is 0 Å². The van der Waals surface area contributed by atoms with Crippen LogP contribution in [-0.4, -0.2) is 14.5 Å². The van der Waals surface area contributed by atoms with Crippen molar-refractivity contribution in [1.82, 2.24) is 14.5 Å². The van der Waals surface area contributed by atoms with E-state index in [0.29, 0.717) is 11.4 Å². The quantitative estimate of drug-likeness (QED) is 0.526. The predicted molar refractivity (Wildman–Crippen MR) is 92.3 cm³/mol.